The minimum absolute atomic E-state index is 0.0746. The highest BCUT2D eigenvalue weighted by Crippen LogP contribution is 2.29. The molecule has 3 heterocycles. The summed E-state index contributed by atoms with van der Waals surface area (Å²) in [6.07, 6.45) is 1.34. The highest BCUT2D eigenvalue weighted by atomic mass is 32.2. The Kier molecular flexibility index (Phi) is 3.07. The lowest BCUT2D eigenvalue weighted by Gasteiger charge is -2.14. The molecule has 1 aliphatic heterocycles. The number of nitrogens with zero attached hydrogens (tertiary/aromatic N) is 3. The van der Waals surface area contributed by atoms with Crippen molar-refractivity contribution >= 4 is 21.7 Å². The molecule has 0 bridgehead atoms. The van der Waals surface area contributed by atoms with Gasteiger partial charge in [0.25, 0.3) is 15.9 Å². The number of carbonyl (C=O) groups is 1. The first-order valence-electron chi connectivity index (χ1n) is 5.98. The molecule has 0 aliphatic carbocycles. The van der Waals surface area contributed by atoms with Crippen LogP contribution in [0.4, 0.5) is 5.82 Å². The van der Waals surface area contributed by atoms with Crippen molar-refractivity contribution in [2.45, 2.75) is 11.6 Å². The lowest BCUT2D eigenvalue weighted by atomic mass is 10.2. The molecule has 0 radical (unpaired) electrons. The third kappa shape index (κ3) is 2.12. The smallest absolute Gasteiger partial charge is 0.285 e. The molecular weight excluding hydrogens is 294 g/mol. The number of rotatable bonds is 3. The van der Waals surface area contributed by atoms with Crippen molar-refractivity contribution in [2.24, 2.45) is 5.84 Å². The Bertz CT molecular complexity index is 821. The second-order valence-corrected chi connectivity index (χ2v) is 6.11. The molecule has 0 aromatic carbocycles. The van der Waals surface area contributed by atoms with Crippen molar-refractivity contribution in [1.29, 1.82) is 0 Å². The van der Waals surface area contributed by atoms with Crippen molar-refractivity contribution < 1.29 is 13.2 Å². The molecule has 8 nitrogen and oxygen atoms in total. The monoisotopic (exact) mass is 305 g/mol. The van der Waals surface area contributed by atoms with Crippen molar-refractivity contribution in [3.05, 3.63) is 47.8 Å². The Morgan fingerprint density at radius 1 is 1.24 bits per heavy atom. The highest BCUT2D eigenvalue weighted by molar-refractivity contribution is 7.90. The maximum atomic E-state index is 12.3. The fourth-order valence-corrected chi connectivity index (χ4v) is 3.51. The summed E-state index contributed by atoms with van der Waals surface area (Å²) in [6, 6.07) is 7.86. The van der Waals surface area contributed by atoms with Crippen molar-refractivity contribution in [3.8, 4) is 0 Å². The molecule has 9 heteroatoms. The number of hydrogen-bond acceptors (Lipinski definition) is 7. The molecule has 3 N–H and O–H groups in total. The number of pyridine rings is 2. The van der Waals surface area contributed by atoms with E-state index < -0.39 is 15.9 Å². The number of hydrazine groups is 1. The van der Waals surface area contributed by atoms with E-state index in [2.05, 4.69) is 15.4 Å². The van der Waals surface area contributed by atoms with Gasteiger partial charge in [-0.15, -0.1) is 0 Å². The fourth-order valence-electron chi connectivity index (χ4n) is 2.06. The first-order valence-corrected chi connectivity index (χ1v) is 7.42. The summed E-state index contributed by atoms with van der Waals surface area (Å²) < 4.78 is 25.4. The Morgan fingerprint density at radius 3 is 2.76 bits per heavy atom. The molecule has 0 atom stereocenters. The SMILES string of the molecule is NNc1cccc(CN2C(=O)c3cccnc3S2(=O)=O)n1. The number of nitrogen functional groups attached to an aromatic ring is 1. The molecule has 2 aromatic rings. The van der Waals surface area contributed by atoms with Gasteiger partial charge >= 0.3 is 0 Å². The van der Waals surface area contributed by atoms with E-state index in [9.17, 15) is 13.2 Å². The molecule has 0 saturated heterocycles. The van der Waals surface area contributed by atoms with Crippen LogP contribution in [0, 0.1) is 0 Å². The van der Waals surface area contributed by atoms with Crippen LogP contribution in [0.2, 0.25) is 0 Å². The van der Waals surface area contributed by atoms with Gasteiger partial charge in [0.05, 0.1) is 17.8 Å². The number of nitrogens with two attached hydrogens (primary N) is 1. The third-order valence-electron chi connectivity index (χ3n) is 3.02. The van der Waals surface area contributed by atoms with E-state index in [0.29, 0.717) is 11.5 Å². The van der Waals surface area contributed by atoms with Crippen LogP contribution < -0.4 is 11.3 Å². The number of sulfonamides is 1. The number of carbonyl (C=O) groups excluding carboxylic acids is 1. The van der Waals surface area contributed by atoms with Crippen LogP contribution in [0.1, 0.15) is 16.1 Å². The minimum atomic E-state index is -3.93. The maximum Gasteiger partial charge on any atom is 0.285 e. The zero-order chi connectivity index (χ0) is 15.0. The van der Waals surface area contributed by atoms with E-state index in [4.69, 9.17) is 5.84 Å². The zero-order valence-corrected chi connectivity index (χ0v) is 11.5. The Labute approximate surface area is 120 Å². The molecule has 0 saturated carbocycles. The zero-order valence-electron chi connectivity index (χ0n) is 10.7. The predicted molar refractivity (Wildman–Crippen MR) is 73.3 cm³/mol. The van der Waals surface area contributed by atoms with Crippen molar-refractivity contribution in [1.82, 2.24) is 14.3 Å². The highest BCUT2D eigenvalue weighted by Gasteiger charge is 2.42. The summed E-state index contributed by atoms with van der Waals surface area (Å²) >= 11 is 0. The molecule has 0 unspecified atom stereocenters. The molecule has 0 spiro atoms. The molecule has 3 rings (SSSR count). The standard InChI is InChI=1S/C12H11N5O3S/c13-16-10-5-1-3-8(15-10)7-17-12(18)9-4-2-6-14-11(9)21(17,19)20/h1-6H,7,13H2,(H,15,16). The second kappa shape index (κ2) is 4.79. The predicted octanol–water partition coefficient (Wildman–Crippen LogP) is 0.107. The van der Waals surface area contributed by atoms with Gasteiger partial charge in [-0.25, -0.2) is 20.1 Å². The van der Waals surface area contributed by atoms with E-state index in [-0.39, 0.29) is 17.1 Å². The third-order valence-corrected chi connectivity index (χ3v) is 4.71. The number of hydrogen-bond donors (Lipinski definition) is 2. The fraction of sp³-hybridized carbons (Fsp3) is 0.0833. The molecule has 1 aliphatic rings. The van der Waals surface area contributed by atoms with Gasteiger partial charge in [0, 0.05) is 6.20 Å². The average molecular weight is 305 g/mol. The summed E-state index contributed by atoms with van der Waals surface area (Å²) in [6.45, 7) is -0.174. The van der Waals surface area contributed by atoms with E-state index in [1.807, 2.05) is 0 Å². The van der Waals surface area contributed by atoms with Crippen LogP contribution in [0.5, 0.6) is 0 Å². The Balaban J connectivity index is 1.99. The lowest BCUT2D eigenvalue weighted by molar-refractivity contribution is 0.0863. The number of nitrogens with one attached hydrogen (secondary N) is 1. The number of fused-ring (bicyclic) bond motifs is 1. The number of amides is 1. The number of aromatic nitrogens is 2. The summed E-state index contributed by atoms with van der Waals surface area (Å²) in [4.78, 5) is 20.1. The summed E-state index contributed by atoms with van der Waals surface area (Å²) in [5, 5.41) is -0.219. The molecule has 0 fully saturated rings. The van der Waals surface area contributed by atoms with Gasteiger partial charge in [-0.05, 0) is 24.3 Å². The Hall–Kier alpha value is -2.52. The summed E-state index contributed by atoms with van der Waals surface area (Å²) in [5.74, 6) is 5.03. The molecule has 1 amide bonds. The van der Waals surface area contributed by atoms with Gasteiger partial charge in [-0.3, -0.25) is 4.79 Å². The molecular formula is C12H11N5O3S. The quantitative estimate of drug-likeness (QED) is 0.610. The van der Waals surface area contributed by atoms with Crippen LogP contribution in [-0.4, -0.2) is 28.6 Å². The summed E-state index contributed by atoms with van der Waals surface area (Å²) in [7, 11) is -3.93. The van der Waals surface area contributed by atoms with Gasteiger partial charge in [-0.1, -0.05) is 6.07 Å². The first-order chi connectivity index (χ1) is 10.0. The molecule has 2 aromatic heterocycles. The maximum absolute atomic E-state index is 12.3. The second-order valence-electron chi connectivity index (χ2n) is 4.33. The van der Waals surface area contributed by atoms with Crippen LogP contribution in [-0.2, 0) is 16.6 Å². The Morgan fingerprint density at radius 2 is 2.05 bits per heavy atom. The number of anilines is 1. The van der Waals surface area contributed by atoms with E-state index >= 15 is 0 Å². The van der Waals surface area contributed by atoms with E-state index in [1.54, 1.807) is 18.2 Å². The van der Waals surface area contributed by atoms with Gasteiger partial charge in [0.2, 0.25) is 0 Å². The largest absolute Gasteiger partial charge is 0.308 e. The summed E-state index contributed by atoms with van der Waals surface area (Å²) in [5.41, 5.74) is 2.84. The topological polar surface area (TPSA) is 118 Å². The van der Waals surface area contributed by atoms with Gasteiger partial charge in [0.1, 0.15) is 5.82 Å². The van der Waals surface area contributed by atoms with E-state index in [1.165, 1.54) is 18.3 Å². The van der Waals surface area contributed by atoms with Crippen LogP contribution >= 0.6 is 0 Å². The lowest BCUT2D eigenvalue weighted by Crippen LogP contribution is -2.30. The van der Waals surface area contributed by atoms with Gasteiger partial charge in [-0.2, -0.15) is 8.42 Å². The normalized spacial score (nSPS) is 15.9. The van der Waals surface area contributed by atoms with Crippen molar-refractivity contribution in [2.75, 3.05) is 5.43 Å². The van der Waals surface area contributed by atoms with Crippen LogP contribution in [0.15, 0.2) is 41.6 Å². The first kappa shape index (κ1) is 13.5. The average Bonchev–Trinajstić information content (AvgIpc) is 2.69. The van der Waals surface area contributed by atoms with Crippen LogP contribution in [0.3, 0.4) is 0 Å². The van der Waals surface area contributed by atoms with Crippen molar-refractivity contribution in [3.63, 3.8) is 0 Å². The minimum Gasteiger partial charge on any atom is -0.308 e. The molecule has 108 valence electrons. The van der Waals surface area contributed by atoms with Gasteiger partial charge in [0.15, 0.2) is 5.03 Å². The van der Waals surface area contributed by atoms with Crippen LogP contribution in [0.25, 0.3) is 0 Å². The van der Waals surface area contributed by atoms with Gasteiger partial charge < -0.3 is 5.43 Å². The molecule has 21 heavy (non-hydrogen) atoms. The van der Waals surface area contributed by atoms with E-state index in [0.717, 1.165) is 4.31 Å².